The number of hydrogen-bond donors (Lipinski definition) is 3. The Morgan fingerprint density at radius 3 is 2.30 bits per heavy atom. The number of amides is 1. The average molecular weight is 454 g/mol. The van der Waals surface area contributed by atoms with E-state index in [-0.39, 0.29) is 6.61 Å². The van der Waals surface area contributed by atoms with Gasteiger partial charge in [0.05, 0.1) is 6.54 Å². The molecule has 0 aliphatic carbocycles. The molecule has 0 spiro atoms. The summed E-state index contributed by atoms with van der Waals surface area (Å²) in [5.74, 6) is 0.185. The average Bonchev–Trinajstić information content (AvgIpc) is 3.22. The van der Waals surface area contributed by atoms with E-state index in [0.717, 1.165) is 11.1 Å². The molecular formula is C24H31N5O4. The second kappa shape index (κ2) is 11.3. The Kier molecular flexibility index (Phi) is 8.26. The summed E-state index contributed by atoms with van der Waals surface area (Å²) >= 11 is 0. The van der Waals surface area contributed by atoms with Gasteiger partial charge in [-0.15, -0.1) is 10.6 Å². The van der Waals surface area contributed by atoms with E-state index in [1.807, 2.05) is 65.7 Å². The zero-order valence-corrected chi connectivity index (χ0v) is 19.2. The Hall–Kier alpha value is -3.59. The summed E-state index contributed by atoms with van der Waals surface area (Å²) in [6.07, 6.45) is 0.0450. The summed E-state index contributed by atoms with van der Waals surface area (Å²) < 4.78 is 10.8. The zero-order valence-electron chi connectivity index (χ0n) is 19.2. The van der Waals surface area contributed by atoms with Crippen molar-refractivity contribution in [1.82, 2.24) is 21.4 Å². The van der Waals surface area contributed by atoms with Crippen LogP contribution < -0.4 is 16.4 Å². The van der Waals surface area contributed by atoms with Crippen LogP contribution in [0.4, 0.5) is 4.79 Å². The molecule has 0 saturated heterocycles. The number of alkyl carbamates (subject to hydrolysis) is 1. The molecule has 1 aliphatic heterocycles. The van der Waals surface area contributed by atoms with Crippen LogP contribution in [-0.2, 0) is 27.4 Å². The molecule has 1 heterocycles. The highest BCUT2D eigenvalue weighted by molar-refractivity contribution is 5.85. The Morgan fingerprint density at radius 2 is 1.67 bits per heavy atom. The Labute approximate surface area is 194 Å². The molecule has 33 heavy (non-hydrogen) atoms. The minimum Gasteiger partial charge on any atom is -0.459 e. The van der Waals surface area contributed by atoms with E-state index < -0.39 is 23.7 Å². The Bertz CT molecular complexity index is 944. The SMILES string of the molecule is CC(C)(C)OC(=O)NC(CCC1=NNNN1Cc1ccccc1)C(=O)OCc1ccccc1. The number of benzene rings is 2. The molecule has 0 aromatic heterocycles. The minimum atomic E-state index is -0.884. The van der Waals surface area contributed by atoms with E-state index in [2.05, 4.69) is 21.5 Å². The second-order valence-corrected chi connectivity index (χ2v) is 8.65. The smallest absolute Gasteiger partial charge is 0.408 e. The molecule has 1 unspecified atom stereocenters. The van der Waals surface area contributed by atoms with Gasteiger partial charge in [0.2, 0.25) is 0 Å². The predicted molar refractivity (Wildman–Crippen MR) is 124 cm³/mol. The lowest BCUT2D eigenvalue weighted by atomic mass is 10.1. The van der Waals surface area contributed by atoms with Crippen LogP contribution in [0.5, 0.6) is 0 Å². The fourth-order valence-corrected chi connectivity index (χ4v) is 3.16. The van der Waals surface area contributed by atoms with Crippen molar-refractivity contribution in [1.29, 1.82) is 0 Å². The van der Waals surface area contributed by atoms with Crippen LogP contribution in [0.1, 0.15) is 44.7 Å². The minimum absolute atomic E-state index is 0.121. The number of esters is 1. The number of hydrogen-bond acceptors (Lipinski definition) is 8. The van der Waals surface area contributed by atoms with E-state index in [0.29, 0.717) is 25.2 Å². The first kappa shape index (κ1) is 24.1. The van der Waals surface area contributed by atoms with E-state index in [9.17, 15) is 9.59 Å². The monoisotopic (exact) mass is 453 g/mol. The van der Waals surface area contributed by atoms with Crippen LogP contribution in [0.25, 0.3) is 0 Å². The molecule has 9 nitrogen and oxygen atoms in total. The van der Waals surface area contributed by atoms with Gasteiger partial charge in [0.15, 0.2) is 0 Å². The molecule has 0 fully saturated rings. The highest BCUT2D eigenvalue weighted by Gasteiger charge is 2.27. The van der Waals surface area contributed by atoms with Gasteiger partial charge in [0.1, 0.15) is 24.1 Å². The summed E-state index contributed by atoms with van der Waals surface area (Å²) in [5, 5.41) is 8.77. The van der Waals surface area contributed by atoms with Gasteiger partial charge in [0.25, 0.3) is 0 Å². The third-order valence-electron chi connectivity index (χ3n) is 4.72. The third-order valence-corrected chi connectivity index (χ3v) is 4.72. The number of carbonyl (C=O) groups is 2. The number of carbonyl (C=O) groups excluding carboxylic acids is 2. The number of rotatable bonds is 9. The Balaban J connectivity index is 1.61. The van der Waals surface area contributed by atoms with Crippen molar-refractivity contribution in [3.8, 4) is 0 Å². The summed E-state index contributed by atoms with van der Waals surface area (Å²) in [6, 6.07) is 18.4. The predicted octanol–water partition coefficient (Wildman–Crippen LogP) is 3.24. The molecule has 2 aromatic rings. The molecule has 9 heteroatoms. The standard InChI is InChI=1S/C24H31N5O4/c1-24(2,3)33-23(31)25-20(22(30)32-17-19-12-8-5-9-13-19)14-15-21-26-27-28-29(21)16-18-10-6-4-7-11-18/h4-13,20,27-28H,14-17H2,1-3H3,(H,25,31). The largest absolute Gasteiger partial charge is 0.459 e. The van der Waals surface area contributed by atoms with Crippen molar-refractivity contribution >= 4 is 17.9 Å². The number of nitrogens with one attached hydrogen (secondary N) is 3. The maximum atomic E-state index is 12.8. The molecule has 3 rings (SSSR count). The van der Waals surface area contributed by atoms with Gasteiger partial charge < -0.3 is 14.8 Å². The van der Waals surface area contributed by atoms with Crippen LogP contribution in [0.2, 0.25) is 0 Å². The number of hydrazine groups is 2. The van der Waals surface area contributed by atoms with Crippen molar-refractivity contribution in [3.05, 3.63) is 71.8 Å². The number of ether oxygens (including phenoxy) is 2. The van der Waals surface area contributed by atoms with Crippen LogP contribution in [0.3, 0.4) is 0 Å². The van der Waals surface area contributed by atoms with Crippen LogP contribution in [0, 0.1) is 0 Å². The maximum absolute atomic E-state index is 12.8. The molecule has 0 radical (unpaired) electrons. The van der Waals surface area contributed by atoms with E-state index >= 15 is 0 Å². The second-order valence-electron chi connectivity index (χ2n) is 8.65. The first-order valence-corrected chi connectivity index (χ1v) is 10.9. The lowest BCUT2D eigenvalue weighted by molar-refractivity contribution is -0.147. The van der Waals surface area contributed by atoms with Crippen molar-refractivity contribution in [2.75, 3.05) is 0 Å². The third kappa shape index (κ3) is 8.12. The molecule has 2 aromatic carbocycles. The van der Waals surface area contributed by atoms with Crippen molar-refractivity contribution in [3.63, 3.8) is 0 Å². The molecule has 176 valence electrons. The van der Waals surface area contributed by atoms with E-state index in [4.69, 9.17) is 9.47 Å². The van der Waals surface area contributed by atoms with E-state index in [1.165, 1.54) is 0 Å². The van der Waals surface area contributed by atoms with Crippen molar-refractivity contribution in [2.45, 2.75) is 58.4 Å². The number of amidine groups is 1. The van der Waals surface area contributed by atoms with Crippen molar-refractivity contribution in [2.24, 2.45) is 5.10 Å². The van der Waals surface area contributed by atoms with Crippen LogP contribution in [0.15, 0.2) is 65.8 Å². The molecule has 1 aliphatic rings. The normalized spacial score (nSPS) is 14.2. The number of hydrazone groups is 1. The molecule has 3 N–H and O–H groups in total. The first-order valence-electron chi connectivity index (χ1n) is 10.9. The van der Waals surface area contributed by atoms with Crippen molar-refractivity contribution < 1.29 is 19.1 Å². The molecule has 0 saturated carbocycles. The highest BCUT2D eigenvalue weighted by atomic mass is 16.6. The molecule has 1 amide bonds. The van der Waals surface area contributed by atoms with Gasteiger partial charge >= 0.3 is 12.1 Å². The zero-order chi connectivity index (χ0) is 23.7. The number of nitrogens with zero attached hydrogens (tertiary/aromatic N) is 2. The Morgan fingerprint density at radius 1 is 1.03 bits per heavy atom. The fourth-order valence-electron chi connectivity index (χ4n) is 3.16. The quantitative estimate of drug-likeness (QED) is 0.501. The highest BCUT2D eigenvalue weighted by Crippen LogP contribution is 2.13. The van der Waals surface area contributed by atoms with Gasteiger partial charge in [-0.1, -0.05) is 60.7 Å². The fraction of sp³-hybridized carbons (Fsp3) is 0.375. The van der Waals surface area contributed by atoms with Gasteiger partial charge in [-0.05, 0) is 38.3 Å². The first-order chi connectivity index (χ1) is 15.8. The van der Waals surface area contributed by atoms with Crippen LogP contribution >= 0.6 is 0 Å². The van der Waals surface area contributed by atoms with Gasteiger partial charge in [-0.3, -0.25) is 5.01 Å². The maximum Gasteiger partial charge on any atom is 0.408 e. The summed E-state index contributed by atoms with van der Waals surface area (Å²) in [7, 11) is 0. The topological polar surface area (TPSA) is 104 Å². The van der Waals surface area contributed by atoms with Gasteiger partial charge in [-0.25, -0.2) is 15.1 Å². The summed E-state index contributed by atoms with van der Waals surface area (Å²) in [5.41, 5.74) is 7.01. The molecule has 0 bridgehead atoms. The lowest BCUT2D eigenvalue weighted by Gasteiger charge is -2.24. The van der Waals surface area contributed by atoms with Gasteiger partial charge in [0, 0.05) is 6.42 Å². The summed E-state index contributed by atoms with van der Waals surface area (Å²) in [4.78, 5) is 25.2. The van der Waals surface area contributed by atoms with Crippen LogP contribution in [-0.4, -0.2) is 34.5 Å². The van der Waals surface area contributed by atoms with Gasteiger partial charge in [-0.2, -0.15) is 0 Å². The molecule has 1 atom stereocenters. The summed E-state index contributed by atoms with van der Waals surface area (Å²) in [6.45, 7) is 6.01. The lowest BCUT2D eigenvalue weighted by Crippen LogP contribution is -2.45. The molecular weight excluding hydrogens is 422 g/mol. The van der Waals surface area contributed by atoms with E-state index in [1.54, 1.807) is 20.8 Å².